The summed E-state index contributed by atoms with van der Waals surface area (Å²) in [7, 11) is 0. The first-order valence-corrected chi connectivity index (χ1v) is 10.8. The van der Waals surface area contributed by atoms with Crippen LogP contribution in [0.4, 0.5) is 10.1 Å². The number of amides is 2. The Morgan fingerprint density at radius 1 is 1.18 bits per heavy atom. The van der Waals surface area contributed by atoms with Crippen molar-refractivity contribution < 1.29 is 18.7 Å². The Hall–Kier alpha value is -4.27. The van der Waals surface area contributed by atoms with Gasteiger partial charge in [0.05, 0.1) is 17.4 Å². The van der Waals surface area contributed by atoms with Gasteiger partial charge in [0.25, 0.3) is 5.91 Å². The first-order valence-electron chi connectivity index (χ1n) is 10.8. The fourth-order valence-corrected chi connectivity index (χ4v) is 3.58. The summed E-state index contributed by atoms with van der Waals surface area (Å²) in [4.78, 5) is 29.1. The first-order chi connectivity index (χ1) is 16.4. The predicted octanol–water partition coefficient (Wildman–Crippen LogP) is 3.10. The smallest absolute Gasteiger partial charge is 0.268 e. The maximum atomic E-state index is 13.3. The van der Waals surface area contributed by atoms with Gasteiger partial charge in [-0.1, -0.05) is 18.2 Å². The minimum Gasteiger partial charge on any atom is -0.487 e. The van der Waals surface area contributed by atoms with E-state index in [1.807, 2.05) is 49.4 Å². The lowest BCUT2D eigenvalue weighted by molar-refractivity contribution is -0.119. The molecular weight excluding hydrogens is 437 g/mol. The van der Waals surface area contributed by atoms with Gasteiger partial charge in [0.1, 0.15) is 29.9 Å². The second kappa shape index (κ2) is 10.1. The number of anilines is 1. The molecule has 2 amide bonds. The molecule has 2 atom stereocenters. The monoisotopic (exact) mass is 461 g/mol. The molecule has 2 heterocycles. The van der Waals surface area contributed by atoms with E-state index in [2.05, 4.69) is 15.4 Å². The van der Waals surface area contributed by atoms with Gasteiger partial charge in [0, 0.05) is 12.6 Å². The lowest BCUT2D eigenvalue weighted by atomic mass is 10.1. The van der Waals surface area contributed by atoms with Crippen LogP contribution in [-0.2, 0) is 16.2 Å². The third-order valence-corrected chi connectivity index (χ3v) is 5.41. The Morgan fingerprint density at radius 2 is 1.97 bits per heavy atom. The van der Waals surface area contributed by atoms with Crippen LogP contribution in [0.5, 0.6) is 5.75 Å². The molecule has 2 aromatic carbocycles. The van der Waals surface area contributed by atoms with Crippen molar-refractivity contribution >= 4 is 23.2 Å². The molecule has 1 aromatic heterocycles. The van der Waals surface area contributed by atoms with Crippen molar-refractivity contribution in [1.29, 1.82) is 0 Å². The number of rotatable bonds is 8. The van der Waals surface area contributed by atoms with Crippen molar-refractivity contribution in [2.45, 2.75) is 32.0 Å². The average Bonchev–Trinajstić information content (AvgIpc) is 3.30. The maximum Gasteiger partial charge on any atom is 0.268 e. The number of aromatic nitrogens is 1. The van der Waals surface area contributed by atoms with E-state index in [-0.39, 0.29) is 18.2 Å². The van der Waals surface area contributed by atoms with Crippen LogP contribution in [0.15, 0.2) is 78.0 Å². The Balaban J connectivity index is 1.43. The summed E-state index contributed by atoms with van der Waals surface area (Å²) in [6.07, 6.45) is 1.76. The molecule has 0 saturated carbocycles. The molecule has 0 fully saturated rings. The van der Waals surface area contributed by atoms with Crippen LogP contribution in [0.25, 0.3) is 0 Å². The zero-order valence-electron chi connectivity index (χ0n) is 18.5. The van der Waals surface area contributed by atoms with Crippen LogP contribution >= 0.6 is 0 Å². The highest BCUT2D eigenvalue weighted by atomic mass is 19.1. The van der Waals surface area contributed by atoms with Crippen LogP contribution < -0.4 is 20.8 Å². The van der Waals surface area contributed by atoms with E-state index in [0.717, 1.165) is 11.3 Å². The van der Waals surface area contributed by atoms with E-state index in [1.54, 1.807) is 6.20 Å². The number of pyridine rings is 1. The number of halogens is 1. The summed E-state index contributed by atoms with van der Waals surface area (Å²) in [6, 6.07) is 17.3. The SMILES string of the molecule is CC(NC(=O)C1=NN(c2ccc(F)cc2)C(C(N)=O)C1)c1cccc(OCc2ccccn2)c1. The number of hydrazone groups is 1. The molecule has 1 aliphatic rings. The standard InChI is InChI=1S/C25H24FN5O3/c1-16(17-5-4-7-21(13-17)34-15-19-6-2-3-12-28-19)29-25(33)22-14-23(24(27)32)31(30-22)20-10-8-18(26)9-11-20/h2-13,16,23H,14-15H2,1H3,(H2,27,32)(H,29,33). The summed E-state index contributed by atoms with van der Waals surface area (Å²) >= 11 is 0. The van der Waals surface area contributed by atoms with Crippen LogP contribution in [0, 0.1) is 5.82 Å². The highest BCUT2D eigenvalue weighted by molar-refractivity contribution is 6.40. The number of ether oxygens (including phenoxy) is 1. The quantitative estimate of drug-likeness (QED) is 0.536. The molecule has 8 nitrogen and oxygen atoms in total. The number of benzene rings is 2. The topological polar surface area (TPSA) is 110 Å². The summed E-state index contributed by atoms with van der Waals surface area (Å²) in [5, 5.41) is 8.56. The minimum absolute atomic E-state index is 0.0541. The summed E-state index contributed by atoms with van der Waals surface area (Å²) < 4.78 is 19.1. The van der Waals surface area contributed by atoms with Gasteiger partial charge < -0.3 is 15.8 Å². The summed E-state index contributed by atoms with van der Waals surface area (Å²) in [5.74, 6) is -0.802. The molecule has 0 bridgehead atoms. The average molecular weight is 461 g/mol. The zero-order chi connectivity index (χ0) is 24.1. The normalized spacial score (nSPS) is 16.0. The Kier molecular flexibility index (Phi) is 6.82. The van der Waals surface area contributed by atoms with Gasteiger partial charge in [-0.3, -0.25) is 19.6 Å². The molecule has 0 spiro atoms. The molecule has 3 N–H and O–H groups in total. The molecule has 3 aromatic rings. The molecule has 2 unspecified atom stereocenters. The number of hydrogen-bond donors (Lipinski definition) is 2. The van der Waals surface area contributed by atoms with E-state index >= 15 is 0 Å². The molecule has 1 aliphatic heterocycles. The van der Waals surface area contributed by atoms with Gasteiger partial charge in [-0.2, -0.15) is 5.10 Å². The molecule has 0 radical (unpaired) electrons. The van der Waals surface area contributed by atoms with Gasteiger partial charge in [-0.25, -0.2) is 4.39 Å². The number of hydrogen-bond acceptors (Lipinski definition) is 6. The van der Waals surface area contributed by atoms with E-state index in [0.29, 0.717) is 18.0 Å². The molecular formula is C25H24FN5O3. The second-order valence-corrected chi connectivity index (χ2v) is 7.87. The van der Waals surface area contributed by atoms with Gasteiger partial charge in [-0.05, 0) is 61.0 Å². The van der Waals surface area contributed by atoms with Crippen molar-refractivity contribution in [1.82, 2.24) is 10.3 Å². The van der Waals surface area contributed by atoms with E-state index in [9.17, 15) is 14.0 Å². The van der Waals surface area contributed by atoms with Crippen LogP contribution in [0.1, 0.15) is 30.6 Å². The number of nitrogens with zero attached hydrogens (tertiary/aromatic N) is 3. The van der Waals surface area contributed by atoms with E-state index in [1.165, 1.54) is 29.3 Å². The van der Waals surface area contributed by atoms with Crippen molar-refractivity contribution in [3.05, 3.63) is 90.0 Å². The van der Waals surface area contributed by atoms with E-state index in [4.69, 9.17) is 10.5 Å². The maximum absolute atomic E-state index is 13.3. The highest BCUT2D eigenvalue weighted by Gasteiger charge is 2.35. The Morgan fingerprint density at radius 3 is 2.68 bits per heavy atom. The van der Waals surface area contributed by atoms with Crippen molar-refractivity contribution in [3.8, 4) is 5.75 Å². The first kappa shape index (κ1) is 22.9. The molecule has 174 valence electrons. The number of nitrogens with one attached hydrogen (secondary N) is 1. The zero-order valence-corrected chi connectivity index (χ0v) is 18.5. The van der Waals surface area contributed by atoms with Crippen LogP contribution in [0.3, 0.4) is 0 Å². The Bertz CT molecular complexity index is 1200. The number of primary amides is 1. The summed E-state index contributed by atoms with van der Waals surface area (Å²) in [6.45, 7) is 2.17. The van der Waals surface area contributed by atoms with Gasteiger partial charge >= 0.3 is 0 Å². The largest absolute Gasteiger partial charge is 0.487 e. The predicted molar refractivity (Wildman–Crippen MR) is 125 cm³/mol. The van der Waals surface area contributed by atoms with Crippen molar-refractivity contribution in [3.63, 3.8) is 0 Å². The van der Waals surface area contributed by atoms with Gasteiger partial charge in [-0.15, -0.1) is 0 Å². The minimum atomic E-state index is -0.829. The molecule has 0 saturated heterocycles. The molecule has 34 heavy (non-hydrogen) atoms. The lowest BCUT2D eigenvalue weighted by Gasteiger charge is -2.20. The number of carbonyl (C=O) groups excluding carboxylic acids is 2. The number of carbonyl (C=O) groups is 2. The lowest BCUT2D eigenvalue weighted by Crippen LogP contribution is -2.40. The van der Waals surface area contributed by atoms with Crippen molar-refractivity contribution in [2.24, 2.45) is 10.8 Å². The van der Waals surface area contributed by atoms with E-state index < -0.39 is 23.7 Å². The fraction of sp³-hybridized carbons (Fsp3) is 0.200. The second-order valence-electron chi connectivity index (χ2n) is 7.87. The Labute approximate surface area is 196 Å². The van der Waals surface area contributed by atoms with Gasteiger partial charge in [0.15, 0.2) is 0 Å². The molecule has 0 aliphatic carbocycles. The van der Waals surface area contributed by atoms with Crippen molar-refractivity contribution in [2.75, 3.05) is 5.01 Å². The molecule has 4 rings (SSSR count). The van der Waals surface area contributed by atoms with Crippen LogP contribution in [0.2, 0.25) is 0 Å². The third kappa shape index (κ3) is 5.37. The number of nitrogens with two attached hydrogens (primary N) is 1. The highest BCUT2D eigenvalue weighted by Crippen LogP contribution is 2.26. The van der Waals surface area contributed by atoms with Gasteiger partial charge in [0.2, 0.25) is 5.91 Å². The summed E-state index contributed by atoms with van der Waals surface area (Å²) in [5.41, 5.74) is 7.81. The molecule has 9 heteroatoms. The third-order valence-electron chi connectivity index (χ3n) is 5.41. The van der Waals surface area contributed by atoms with Crippen LogP contribution in [-0.4, -0.2) is 28.6 Å². The fourth-order valence-electron chi connectivity index (χ4n) is 3.58.